The first-order chi connectivity index (χ1) is 8.36. The van der Waals surface area contributed by atoms with Crippen LogP contribution in [-0.4, -0.2) is 27.6 Å². The SMILES string of the molecule is NCCc1csc(N2CCn3ccnc3C2)n1. The van der Waals surface area contributed by atoms with Crippen LogP contribution in [0.3, 0.4) is 0 Å². The van der Waals surface area contributed by atoms with Crippen molar-refractivity contribution in [3.63, 3.8) is 0 Å². The molecule has 90 valence electrons. The normalized spacial score (nSPS) is 15.0. The van der Waals surface area contributed by atoms with E-state index in [9.17, 15) is 0 Å². The zero-order chi connectivity index (χ0) is 11.7. The van der Waals surface area contributed by atoms with Crippen molar-refractivity contribution in [3.05, 3.63) is 29.3 Å². The maximum atomic E-state index is 5.54. The van der Waals surface area contributed by atoms with Gasteiger partial charge >= 0.3 is 0 Å². The van der Waals surface area contributed by atoms with Crippen LogP contribution in [0.2, 0.25) is 0 Å². The van der Waals surface area contributed by atoms with Gasteiger partial charge in [-0.05, 0) is 6.54 Å². The van der Waals surface area contributed by atoms with Crippen molar-refractivity contribution in [3.8, 4) is 0 Å². The van der Waals surface area contributed by atoms with E-state index < -0.39 is 0 Å². The Labute approximate surface area is 104 Å². The van der Waals surface area contributed by atoms with E-state index in [1.54, 1.807) is 11.3 Å². The van der Waals surface area contributed by atoms with Gasteiger partial charge in [-0.15, -0.1) is 11.3 Å². The molecule has 3 rings (SSSR count). The molecule has 1 aliphatic rings. The fourth-order valence-corrected chi connectivity index (χ4v) is 2.93. The maximum Gasteiger partial charge on any atom is 0.185 e. The van der Waals surface area contributed by atoms with E-state index in [0.29, 0.717) is 6.54 Å². The molecule has 0 aliphatic carbocycles. The van der Waals surface area contributed by atoms with Crippen LogP contribution in [0.1, 0.15) is 11.5 Å². The Kier molecular flexibility index (Phi) is 2.82. The highest BCUT2D eigenvalue weighted by molar-refractivity contribution is 7.13. The third kappa shape index (κ3) is 2.05. The maximum absolute atomic E-state index is 5.54. The lowest BCUT2D eigenvalue weighted by molar-refractivity contribution is 0.559. The minimum Gasteiger partial charge on any atom is -0.339 e. The molecule has 0 radical (unpaired) electrons. The quantitative estimate of drug-likeness (QED) is 0.876. The van der Waals surface area contributed by atoms with E-state index in [4.69, 9.17) is 5.73 Å². The van der Waals surface area contributed by atoms with Crippen molar-refractivity contribution in [2.24, 2.45) is 5.73 Å². The molecule has 3 heterocycles. The van der Waals surface area contributed by atoms with Crippen LogP contribution in [0.5, 0.6) is 0 Å². The van der Waals surface area contributed by atoms with Crippen molar-refractivity contribution in [1.29, 1.82) is 0 Å². The van der Waals surface area contributed by atoms with Crippen molar-refractivity contribution in [1.82, 2.24) is 14.5 Å². The van der Waals surface area contributed by atoms with E-state index in [2.05, 4.69) is 24.8 Å². The smallest absolute Gasteiger partial charge is 0.185 e. The second kappa shape index (κ2) is 4.46. The second-order valence-electron chi connectivity index (χ2n) is 4.12. The fourth-order valence-electron chi connectivity index (χ4n) is 2.04. The summed E-state index contributed by atoms with van der Waals surface area (Å²) in [6.07, 6.45) is 4.76. The van der Waals surface area contributed by atoms with Crippen molar-refractivity contribution in [2.45, 2.75) is 19.5 Å². The summed E-state index contributed by atoms with van der Waals surface area (Å²) >= 11 is 1.70. The molecule has 0 fully saturated rings. The summed E-state index contributed by atoms with van der Waals surface area (Å²) < 4.78 is 2.20. The number of hydrogen-bond acceptors (Lipinski definition) is 5. The minimum atomic E-state index is 0.660. The Balaban J connectivity index is 1.77. The summed E-state index contributed by atoms with van der Waals surface area (Å²) in [5, 5.41) is 3.19. The number of rotatable bonds is 3. The highest BCUT2D eigenvalue weighted by Crippen LogP contribution is 2.24. The lowest BCUT2D eigenvalue weighted by Crippen LogP contribution is -2.33. The van der Waals surface area contributed by atoms with Gasteiger partial charge in [0.05, 0.1) is 12.2 Å². The van der Waals surface area contributed by atoms with Gasteiger partial charge in [-0.25, -0.2) is 9.97 Å². The van der Waals surface area contributed by atoms with Gasteiger partial charge in [-0.1, -0.05) is 0 Å². The zero-order valence-corrected chi connectivity index (χ0v) is 10.4. The van der Waals surface area contributed by atoms with Crippen molar-refractivity contribution < 1.29 is 0 Å². The monoisotopic (exact) mass is 249 g/mol. The summed E-state index contributed by atoms with van der Waals surface area (Å²) in [5.41, 5.74) is 6.63. The second-order valence-corrected chi connectivity index (χ2v) is 4.96. The van der Waals surface area contributed by atoms with Crippen LogP contribution in [0.4, 0.5) is 5.13 Å². The summed E-state index contributed by atoms with van der Waals surface area (Å²) in [4.78, 5) is 11.2. The first-order valence-electron chi connectivity index (χ1n) is 5.76. The summed E-state index contributed by atoms with van der Waals surface area (Å²) in [7, 11) is 0. The van der Waals surface area contributed by atoms with Gasteiger partial charge in [0.25, 0.3) is 0 Å². The molecule has 0 atom stereocenters. The van der Waals surface area contributed by atoms with Crippen LogP contribution in [0.15, 0.2) is 17.8 Å². The number of nitrogens with zero attached hydrogens (tertiary/aromatic N) is 4. The molecule has 1 aliphatic heterocycles. The first-order valence-corrected chi connectivity index (χ1v) is 6.64. The number of aromatic nitrogens is 3. The van der Waals surface area contributed by atoms with Crippen LogP contribution in [-0.2, 0) is 19.5 Å². The van der Waals surface area contributed by atoms with Crippen molar-refractivity contribution in [2.75, 3.05) is 18.0 Å². The van der Waals surface area contributed by atoms with Crippen LogP contribution in [0.25, 0.3) is 0 Å². The van der Waals surface area contributed by atoms with Crippen LogP contribution >= 0.6 is 11.3 Å². The molecule has 0 spiro atoms. The molecule has 2 aromatic heterocycles. The van der Waals surface area contributed by atoms with E-state index >= 15 is 0 Å². The Morgan fingerprint density at radius 2 is 2.35 bits per heavy atom. The zero-order valence-electron chi connectivity index (χ0n) is 9.54. The molecule has 0 saturated carbocycles. The standard InChI is InChI=1S/C11H15N5S/c12-2-1-9-8-17-11(14-9)16-6-5-15-4-3-13-10(15)7-16/h3-4,8H,1-2,5-7,12H2. The Morgan fingerprint density at radius 1 is 1.41 bits per heavy atom. The predicted octanol–water partition coefficient (Wildman–Crippen LogP) is 0.861. The number of hydrogen-bond donors (Lipinski definition) is 1. The highest BCUT2D eigenvalue weighted by Gasteiger charge is 2.18. The van der Waals surface area contributed by atoms with Gasteiger partial charge in [-0.3, -0.25) is 0 Å². The Hall–Kier alpha value is -1.40. The molecule has 2 aromatic rings. The molecule has 0 saturated heterocycles. The lowest BCUT2D eigenvalue weighted by Gasteiger charge is -2.27. The van der Waals surface area contributed by atoms with E-state index in [1.165, 1.54) is 0 Å². The number of anilines is 1. The molecule has 17 heavy (non-hydrogen) atoms. The van der Waals surface area contributed by atoms with Gasteiger partial charge in [0.15, 0.2) is 5.13 Å². The summed E-state index contributed by atoms with van der Waals surface area (Å²) in [5.74, 6) is 1.12. The molecule has 2 N–H and O–H groups in total. The number of imidazole rings is 1. The number of thiazole rings is 1. The number of nitrogens with two attached hydrogens (primary N) is 1. The molecule has 0 amide bonds. The summed E-state index contributed by atoms with van der Waals surface area (Å²) in [6, 6.07) is 0. The van der Waals surface area contributed by atoms with E-state index in [1.807, 2.05) is 12.4 Å². The largest absolute Gasteiger partial charge is 0.339 e. The average molecular weight is 249 g/mol. The molecule has 5 nitrogen and oxygen atoms in total. The lowest BCUT2D eigenvalue weighted by atomic mass is 10.3. The first kappa shape index (κ1) is 10.7. The molecular weight excluding hydrogens is 234 g/mol. The predicted molar refractivity (Wildman–Crippen MR) is 68.1 cm³/mol. The average Bonchev–Trinajstić information content (AvgIpc) is 2.96. The van der Waals surface area contributed by atoms with Gasteiger partial charge < -0.3 is 15.2 Å². The van der Waals surface area contributed by atoms with Crippen LogP contribution in [0, 0.1) is 0 Å². The summed E-state index contributed by atoms with van der Waals surface area (Å²) in [6.45, 7) is 3.50. The molecular formula is C11H15N5S. The third-order valence-electron chi connectivity index (χ3n) is 2.96. The van der Waals surface area contributed by atoms with Crippen LogP contribution < -0.4 is 10.6 Å². The number of fused-ring (bicyclic) bond motifs is 1. The Morgan fingerprint density at radius 3 is 3.24 bits per heavy atom. The minimum absolute atomic E-state index is 0.660. The van der Waals surface area contributed by atoms with Crippen molar-refractivity contribution >= 4 is 16.5 Å². The molecule has 6 heteroatoms. The third-order valence-corrected chi connectivity index (χ3v) is 3.91. The van der Waals surface area contributed by atoms with Gasteiger partial charge in [0, 0.05) is 37.3 Å². The van der Waals surface area contributed by atoms with Gasteiger partial charge in [0.1, 0.15) is 5.82 Å². The van der Waals surface area contributed by atoms with E-state index in [0.717, 1.165) is 42.7 Å². The topological polar surface area (TPSA) is 60.0 Å². The van der Waals surface area contributed by atoms with E-state index in [-0.39, 0.29) is 0 Å². The van der Waals surface area contributed by atoms with Gasteiger partial charge in [0.2, 0.25) is 0 Å². The molecule has 0 bridgehead atoms. The molecule has 0 aromatic carbocycles. The molecule has 0 unspecified atom stereocenters. The van der Waals surface area contributed by atoms with Gasteiger partial charge in [-0.2, -0.15) is 0 Å². The highest BCUT2D eigenvalue weighted by atomic mass is 32.1. The fraction of sp³-hybridized carbons (Fsp3) is 0.455. The Bertz CT molecular complexity index is 503.